The zero-order valence-electron chi connectivity index (χ0n) is 16.1. The lowest BCUT2D eigenvalue weighted by Gasteiger charge is -2.14. The lowest BCUT2D eigenvalue weighted by molar-refractivity contribution is -0.137. The number of aliphatic imine (C=N–C) groups is 1. The molecule has 0 saturated carbocycles. The Hall–Kier alpha value is -2.30. The molecule has 0 spiro atoms. The molecule has 2 aromatic carbocycles. The molecule has 2 N–H and O–H groups in total. The molecule has 3 rings (SSSR count). The topological polar surface area (TPSA) is 54.2 Å². The smallest absolute Gasteiger partial charge is 0.355 e. The van der Waals surface area contributed by atoms with Crippen LogP contribution in [0.3, 0.4) is 0 Å². The molecule has 0 aliphatic carbocycles. The van der Waals surface area contributed by atoms with Crippen molar-refractivity contribution >= 4 is 41.0 Å². The number of para-hydroxylation sites is 2. The maximum absolute atomic E-state index is 12.6. The van der Waals surface area contributed by atoms with Crippen LogP contribution in [0, 0.1) is 6.92 Å². The summed E-state index contributed by atoms with van der Waals surface area (Å²) in [5.74, 6) is 1.53. The number of fused-ring (bicyclic) bond motifs is 1. The zero-order valence-corrected chi connectivity index (χ0v) is 18.5. The molecule has 0 bridgehead atoms. The Morgan fingerprint density at radius 3 is 2.41 bits per heavy atom. The third-order valence-electron chi connectivity index (χ3n) is 4.44. The Bertz CT molecular complexity index is 964. The predicted molar refractivity (Wildman–Crippen MR) is 120 cm³/mol. The van der Waals surface area contributed by atoms with Gasteiger partial charge in [-0.1, -0.05) is 24.3 Å². The highest BCUT2D eigenvalue weighted by Crippen LogP contribution is 2.29. The average molecular weight is 517 g/mol. The van der Waals surface area contributed by atoms with E-state index in [-0.39, 0.29) is 24.0 Å². The van der Waals surface area contributed by atoms with E-state index in [0.29, 0.717) is 25.6 Å². The number of aryl methyl sites for hydroxylation is 1. The van der Waals surface area contributed by atoms with Gasteiger partial charge in [-0.3, -0.25) is 4.99 Å². The van der Waals surface area contributed by atoms with E-state index in [4.69, 9.17) is 0 Å². The van der Waals surface area contributed by atoms with E-state index < -0.39 is 11.7 Å². The molecule has 0 saturated heterocycles. The van der Waals surface area contributed by atoms with Gasteiger partial charge in [0.15, 0.2) is 5.96 Å². The SMILES string of the molecule is CN=C(NCCn1c(C)nc2ccccc21)NCc1ccc(C(F)(F)F)cc1.I. The van der Waals surface area contributed by atoms with Gasteiger partial charge in [0.2, 0.25) is 0 Å². The number of halogens is 4. The molecule has 29 heavy (non-hydrogen) atoms. The van der Waals surface area contributed by atoms with E-state index in [1.54, 1.807) is 7.05 Å². The minimum absolute atomic E-state index is 0. The molecule has 1 aromatic heterocycles. The number of hydrogen-bond acceptors (Lipinski definition) is 2. The Balaban J connectivity index is 0.00000300. The second-order valence-electron chi connectivity index (χ2n) is 6.35. The lowest BCUT2D eigenvalue weighted by atomic mass is 10.1. The summed E-state index contributed by atoms with van der Waals surface area (Å²) in [6.07, 6.45) is -4.32. The summed E-state index contributed by atoms with van der Waals surface area (Å²) in [4.78, 5) is 8.69. The number of hydrogen-bond donors (Lipinski definition) is 2. The first-order valence-corrected chi connectivity index (χ1v) is 8.91. The van der Waals surface area contributed by atoms with E-state index in [1.165, 1.54) is 12.1 Å². The molecule has 3 aromatic rings. The molecule has 0 atom stereocenters. The van der Waals surface area contributed by atoms with E-state index >= 15 is 0 Å². The van der Waals surface area contributed by atoms with Gasteiger partial charge in [0.1, 0.15) is 5.82 Å². The van der Waals surface area contributed by atoms with Crippen LogP contribution in [0.25, 0.3) is 11.0 Å². The molecule has 156 valence electrons. The number of rotatable bonds is 5. The Kier molecular flexibility index (Phi) is 7.88. The number of nitrogens with zero attached hydrogens (tertiary/aromatic N) is 3. The summed E-state index contributed by atoms with van der Waals surface area (Å²) in [6.45, 7) is 3.70. The van der Waals surface area contributed by atoms with Crippen molar-refractivity contribution in [3.63, 3.8) is 0 Å². The largest absolute Gasteiger partial charge is 0.416 e. The van der Waals surface area contributed by atoms with Crippen LogP contribution in [0.1, 0.15) is 17.0 Å². The zero-order chi connectivity index (χ0) is 20.1. The van der Waals surface area contributed by atoms with Gasteiger partial charge in [0.05, 0.1) is 16.6 Å². The summed E-state index contributed by atoms with van der Waals surface area (Å²) in [5, 5.41) is 6.32. The number of alkyl halides is 3. The van der Waals surface area contributed by atoms with Gasteiger partial charge in [0, 0.05) is 26.7 Å². The predicted octanol–water partition coefficient (Wildman–Crippen LogP) is 4.35. The first kappa shape index (κ1) is 23.0. The molecular formula is C20H23F3IN5. The normalized spacial score (nSPS) is 12.0. The van der Waals surface area contributed by atoms with E-state index in [0.717, 1.165) is 34.6 Å². The molecule has 1 heterocycles. The number of nitrogens with one attached hydrogen (secondary N) is 2. The van der Waals surface area contributed by atoms with Crippen molar-refractivity contribution in [1.29, 1.82) is 0 Å². The fourth-order valence-corrected chi connectivity index (χ4v) is 2.98. The number of benzene rings is 2. The molecule has 0 unspecified atom stereocenters. The van der Waals surface area contributed by atoms with Crippen LogP contribution in [0.4, 0.5) is 13.2 Å². The molecule has 0 amide bonds. The first-order chi connectivity index (χ1) is 13.4. The third-order valence-corrected chi connectivity index (χ3v) is 4.44. The molecule has 0 aliphatic heterocycles. The second kappa shape index (κ2) is 9.95. The summed E-state index contributed by atoms with van der Waals surface area (Å²) < 4.78 is 40.0. The highest BCUT2D eigenvalue weighted by Gasteiger charge is 2.29. The summed E-state index contributed by atoms with van der Waals surface area (Å²) >= 11 is 0. The van der Waals surface area contributed by atoms with Crippen LogP contribution < -0.4 is 10.6 Å². The van der Waals surface area contributed by atoms with Gasteiger partial charge in [-0.15, -0.1) is 24.0 Å². The summed E-state index contributed by atoms with van der Waals surface area (Å²) in [7, 11) is 1.65. The highest BCUT2D eigenvalue weighted by molar-refractivity contribution is 14.0. The third kappa shape index (κ3) is 5.84. The summed E-state index contributed by atoms with van der Waals surface area (Å²) in [5.41, 5.74) is 2.13. The monoisotopic (exact) mass is 517 g/mol. The first-order valence-electron chi connectivity index (χ1n) is 8.91. The Morgan fingerprint density at radius 1 is 1.07 bits per heavy atom. The minimum Gasteiger partial charge on any atom is -0.355 e. The van der Waals surface area contributed by atoms with Crippen molar-refractivity contribution in [2.45, 2.75) is 26.2 Å². The van der Waals surface area contributed by atoms with Crippen LogP contribution in [0.2, 0.25) is 0 Å². The molecule has 9 heteroatoms. The second-order valence-corrected chi connectivity index (χ2v) is 6.35. The quantitative estimate of drug-likeness (QED) is 0.301. The fraction of sp³-hybridized carbons (Fsp3) is 0.300. The van der Waals surface area contributed by atoms with Crippen molar-refractivity contribution < 1.29 is 13.2 Å². The fourth-order valence-electron chi connectivity index (χ4n) is 2.98. The number of aromatic nitrogens is 2. The van der Waals surface area contributed by atoms with Crippen LogP contribution in [0.5, 0.6) is 0 Å². The molecular weight excluding hydrogens is 494 g/mol. The van der Waals surface area contributed by atoms with E-state index in [9.17, 15) is 13.2 Å². The van der Waals surface area contributed by atoms with Crippen LogP contribution in [-0.4, -0.2) is 29.1 Å². The molecule has 0 radical (unpaired) electrons. The highest BCUT2D eigenvalue weighted by atomic mass is 127. The van der Waals surface area contributed by atoms with Crippen LogP contribution in [0.15, 0.2) is 53.5 Å². The molecule has 0 aliphatic rings. The average Bonchev–Trinajstić information content (AvgIpc) is 2.99. The number of guanidine groups is 1. The maximum Gasteiger partial charge on any atom is 0.416 e. The van der Waals surface area contributed by atoms with Crippen molar-refractivity contribution in [3.05, 3.63) is 65.5 Å². The molecule has 5 nitrogen and oxygen atoms in total. The van der Waals surface area contributed by atoms with Crippen molar-refractivity contribution in [2.75, 3.05) is 13.6 Å². The minimum atomic E-state index is -4.32. The Labute approximate surface area is 184 Å². The standard InChI is InChI=1S/C20H22F3N5.HI/c1-14-27-17-5-3-4-6-18(17)28(14)12-11-25-19(24-2)26-13-15-7-9-16(10-8-15)20(21,22)23;/h3-10H,11-13H2,1-2H3,(H2,24,25,26);1H. The maximum atomic E-state index is 12.6. The molecule has 0 fully saturated rings. The van der Waals surface area contributed by atoms with Gasteiger partial charge in [-0.25, -0.2) is 4.98 Å². The van der Waals surface area contributed by atoms with Crippen LogP contribution in [-0.2, 0) is 19.3 Å². The van der Waals surface area contributed by atoms with Crippen molar-refractivity contribution in [2.24, 2.45) is 4.99 Å². The number of imidazole rings is 1. The van der Waals surface area contributed by atoms with E-state index in [2.05, 4.69) is 25.2 Å². The van der Waals surface area contributed by atoms with Gasteiger partial charge in [-0.2, -0.15) is 13.2 Å². The van der Waals surface area contributed by atoms with Crippen molar-refractivity contribution in [1.82, 2.24) is 20.2 Å². The lowest BCUT2D eigenvalue weighted by Crippen LogP contribution is -2.38. The van der Waals surface area contributed by atoms with Gasteiger partial charge in [-0.05, 0) is 36.8 Å². The van der Waals surface area contributed by atoms with Gasteiger partial charge >= 0.3 is 6.18 Å². The summed E-state index contributed by atoms with van der Waals surface area (Å²) in [6, 6.07) is 13.1. The van der Waals surface area contributed by atoms with Gasteiger partial charge < -0.3 is 15.2 Å². The van der Waals surface area contributed by atoms with Gasteiger partial charge in [0.25, 0.3) is 0 Å². The Morgan fingerprint density at radius 2 is 1.76 bits per heavy atom. The van der Waals surface area contributed by atoms with Crippen LogP contribution >= 0.6 is 24.0 Å². The van der Waals surface area contributed by atoms with Crippen molar-refractivity contribution in [3.8, 4) is 0 Å². The van der Waals surface area contributed by atoms with E-state index in [1.807, 2.05) is 31.2 Å².